The molecule has 0 saturated heterocycles. The standard InChI is InChI=1S/C16H18ClNS/c1-10-6-11(2)8-12(7-10)18-14-4-3-5-15-13(14)9-16(17)19-15/h6-9,14,18H,3-5H2,1-2H3. The van der Waals surface area contributed by atoms with Crippen LogP contribution in [0.1, 0.15) is 40.5 Å². The maximum Gasteiger partial charge on any atom is 0.0934 e. The Bertz CT molecular complexity index is 583. The lowest BCUT2D eigenvalue weighted by atomic mass is 9.93. The van der Waals surface area contributed by atoms with Crippen LogP contribution in [0.5, 0.6) is 0 Å². The summed E-state index contributed by atoms with van der Waals surface area (Å²) in [6.45, 7) is 4.29. The van der Waals surface area contributed by atoms with E-state index in [1.165, 1.54) is 46.5 Å². The van der Waals surface area contributed by atoms with Gasteiger partial charge in [0.1, 0.15) is 0 Å². The highest BCUT2D eigenvalue weighted by atomic mass is 35.5. The van der Waals surface area contributed by atoms with Gasteiger partial charge in [0.2, 0.25) is 0 Å². The lowest BCUT2D eigenvalue weighted by molar-refractivity contribution is 0.609. The average Bonchev–Trinajstić information content (AvgIpc) is 2.69. The number of benzene rings is 1. The fraction of sp³-hybridized carbons (Fsp3) is 0.375. The predicted molar refractivity (Wildman–Crippen MR) is 84.5 cm³/mol. The molecule has 0 radical (unpaired) electrons. The Kier molecular flexibility index (Phi) is 3.55. The zero-order valence-corrected chi connectivity index (χ0v) is 12.9. The van der Waals surface area contributed by atoms with E-state index < -0.39 is 0 Å². The summed E-state index contributed by atoms with van der Waals surface area (Å²) in [4.78, 5) is 1.46. The van der Waals surface area contributed by atoms with Crippen LogP contribution in [0, 0.1) is 13.8 Å². The van der Waals surface area contributed by atoms with Crippen molar-refractivity contribution < 1.29 is 0 Å². The van der Waals surface area contributed by atoms with Crippen LogP contribution in [-0.2, 0) is 6.42 Å². The Balaban J connectivity index is 1.88. The second-order valence-corrected chi connectivity index (χ2v) is 7.16. The molecule has 19 heavy (non-hydrogen) atoms. The smallest absolute Gasteiger partial charge is 0.0934 e. The van der Waals surface area contributed by atoms with E-state index in [-0.39, 0.29) is 0 Å². The second kappa shape index (κ2) is 5.18. The molecule has 0 aliphatic heterocycles. The molecule has 0 bridgehead atoms. The van der Waals surface area contributed by atoms with E-state index in [9.17, 15) is 0 Å². The predicted octanol–water partition coefficient (Wildman–Crippen LogP) is 5.51. The van der Waals surface area contributed by atoms with Crippen molar-refractivity contribution in [2.24, 2.45) is 0 Å². The Labute approximate surface area is 123 Å². The van der Waals surface area contributed by atoms with Crippen molar-refractivity contribution in [3.8, 4) is 0 Å². The topological polar surface area (TPSA) is 12.0 Å². The van der Waals surface area contributed by atoms with Gasteiger partial charge in [0, 0.05) is 10.6 Å². The maximum absolute atomic E-state index is 6.16. The summed E-state index contributed by atoms with van der Waals surface area (Å²) >= 11 is 7.90. The molecule has 100 valence electrons. The third-order valence-corrected chi connectivity index (χ3v) is 4.99. The first kappa shape index (κ1) is 13.0. The fourth-order valence-electron chi connectivity index (χ4n) is 2.93. The number of hydrogen-bond donors (Lipinski definition) is 1. The molecule has 0 spiro atoms. The van der Waals surface area contributed by atoms with Crippen molar-refractivity contribution in [2.45, 2.75) is 39.2 Å². The van der Waals surface area contributed by atoms with Crippen molar-refractivity contribution in [3.05, 3.63) is 50.2 Å². The van der Waals surface area contributed by atoms with Gasteiger partial charge in [-0.3, -0.25) is 0 Å². The highest BCUT2D eigenvalue weighted by Crippen LogP contribution is 2.39. The number of anilines is 1. The largest absolute Gasteiger partial charge is 0.378 e. The van der Waals surface area contributed by atoms with E-state index >= 15 is 0 Å². The summed E-state index contributed by atoms with van der Waals surface area (Å²) in [6.07, 6.45) is 3.61. The lowest BCUT2D eigenvalue weighted by Crippen LogP contribution is -2.15. The Hall–Kier alpha value is -0.990. The summed E-state index contributed by atoms with van der Waals surface area (Å²) in [7, 11) is 0. The number of rotatable bonds is 2. The normalized spacial score (nSPS) is 18.2. The SMILES string of the molecule is Cc1cc(C)cc(NC2CCCc3sc(Cl)cc32)c1. The first-order valence-electron chi connectivity index (χ1n) is 6.75. The first-order chi connectivity index (χ1) is 9.11. The van der Waals surface area contributed by atoms with Crippen LogP contribution >= 0.6 is 22.9 Å². The number of nitrogens with one attached hydrogen (secondary N) is 1. The molecule has 1 aliphatic rings. The van der Waals surface area contributed by atoms with Crippen molar-refractivity contribution in [3.63, 3.8) is 0 Å². The summed E-state index contributed by atoms with van der Waals surface area (Å²) < 4.78 is 0.916. The zero-order chi connectivity index (χ0) is 13.4. The quantitative estimate of drug-likeness (QED) is 0.769. The van der Waals surface area contributed by atoms with E-state index in [2.05, 4.69) is 43.4 Å². The summed E-state index contributed by atoms with van der Waals surface area (Å²) in [5, 5.41) is 3.68. The first-order valence-corrected chi connectivity index (χ1v) is 7.94. The fourth-order valence-corrected chi connectivity index (χ4v) is 4.31. The minimum atomic E-state index is 0.411. The van der Waals surface area contributed by atoms with Crippen LogP contribution in [0.2, 0.25) is 4.34 Å². The molecule has 1 atom stereocenters. The van der Waals surface area contributed by atoms with Crippen LogP contribution in [0.15, 0.2) is 24.3 Å². The molecule has 1 heterocycles. The number of thiophene rings is 1. The number of aryl methyl sites for hydroxylation is 3. The van der Waals surface area contributed by atoms with Crippen LogP contribution in [0.25, 0.3) is 0 Å². The van der Waals surface area contributed by atoms with Gasteiger partial charge in [0.15, 0.2) is 0 Å². The molecule has 1 N–H and O–H groups in total. The average molecular weight is 292 g/mol. The van der Waals surface area contributed by atoms with Gasteiger partial charge < -0.3 is 5.32 Å². The van der Waals surface area contributed by atoms with Gasteiger partial charge in [-0.15, -0.1) is 11.3 Å². The Morgan fingerprint density at radius 3 is 2.63 bits per heavy atom. The van der Waals surface area contributed by atoms with Crippen molar-refractivity contribution in [2.75, 3.05) is 5.32 Å². The van der Waals surface area contributed by atoms with Crippen LogP contribution in [0.4, 0.5) is 5.69 Å². The molecule has 2 aromatic rings. The number of halogens is 1. The highest BCUT2D eigenvalue weighted by Gasteiger charge is 2.22. The van der Waals surface area contributed by atoms with Crippen molar-refractivity contribution in [1.29, 1.82) is 0 Å². The van der Waals surface area contributed by atoms with E-state index in [0.717, 1.165) is 4.34 Å². The molecule has 3 heteroatoms. The second-order valence-electron chi connectivity index (χ2n) is 5.39. The van der Waals surface area contributed by atoms with Gasteiger partial charge in [-0.05, 0) is 68.0 Å². The Morgan fingerprint density at radius 2 is 1.89 bits per heavy atom. The van der Waals surface area contributed by atoms with Gasteiger partial charge >= 0.3 is 0 Å². The highest BCUT2D eigenvalue weighted by molar-refractivity contribution is 7.16. The summed E-state index contributed by atoms with van der Waals surface area (Å²) in [5.74, 6) is 0. The summed E-state index contributed by atoms with van der Waals surface area (Å²) in [6, 6.07) is 9.19. The maximum atomic E-state index is 6.16. The van der Waals surface area contributed by atoms with E-state index in [0.29, 0.717) is 6.04 Å². The van der Waals surface area contributed by atoms with E-state index in [1.54, 1.807) is 11.3 Å². The molecule has 0 amide bonds. The van der Waals surface area contributed by atoms with E-state index in [1.807, 2.05) is 0 Å². The molecule has 3 rings (SSSR count). The van der Waals surface area contributed by atoms with Gasteiger partial charge in [0.25, 0.3) is 0 Å². The lowest BCUT2D eigenvalue weighted by Gasteiger charge is -2.25. The van der Waals surface area contributed by atoms with E-state index in [4.69, 9.17) is 11.6 Å². The van der Waals surface area contributed by atoms with Gasteiger partial charge in [-0.2, -0.15) is 0 Å². The molecular weight excluding hydrogens is 274 g/mol. The third kappa shape index (κ3) is 2.80. The van der Waals surface area contributed by atoms with Gasteiger partial charge in [-0.25, -0.2) is 0 Å². The van der Waals surface area contributed by atoms with Crippen LogP contribution in [-0.4, -0.2) is 0 Å². The molecule has 1 aliphatic carbocycles. The number of fused-ring (bicyclic) bond motifs is 1. The van der Waals surface area contributed by atoms with Crippen LogP contribution in [0.3, 0.4) is 0 Å². The zero-order valence-electron chi connectivity index (χ0n) is 11.3. The Morgan fingerprint density at radius 1 is 1.16 bits per heavy atom. The van der Waals surface area contributed by atoms with Crippen molar-refractivity contribution in [1.82, 2.24) is 0 Å². The molecule has 0 fully saturated rings. The molecule has 1 aromatic heterocycles. The third-order valence-electron chi connectivity index (χ3n) is 3.65. The minimum absolute atomic E-state index is 0.411. The summed E-state index contributed by atoms with van der Waals surface area (Å²) in [5.41, 5.74) is 5.24. The van der Waals surface area contributed by atoms with Gasteiger partial charge in [0.05, 0.1) is 10.4 Å². The number of hydrogen-bond acceptors (Lipinski definition) is 2. The van der Waals surface area contributed by atoms with Crippen LogP contribution < -0.4 is 5.32 Å². The van der Waals surface area contributed by atoms with Gasteiger partial charge in [-0.1, -0.05) is 17.7 Å². The molecule has 1 nitrogen and oxygen atoms in total. The molecule has 1 aromatic carbocycles. The minimum Gasteiger partial charge on any atom is -0.378 e. The monoisotopic (exact) mass is 291 g/mol. The molecule has 1 unspecified atom stereocenters. The van der Waals surface area contributed by atoms with Crippen molar-refractivity contribution >= 4 is 28.6 Å². The molecular formula is C16H18ClNS. The molecule has 0 saturated carbocycles.